The van der Waals surface area contributed by atoms with E-state index in [1.165, 1.54) is 6.07 Å². The molecule has 0 radical (unpaired) electrons. The van der Waals surface area contributed by atoms with Crippen LogP contribution in [0.15, 0.2) is 6.07 Å². The van der Waals surface area contributed by atoms with Crippen molar-refractivity contribution in [1.29, 1.82) is 0 Å². The standard InChI is InChI=1S/C8H14N4O2/c1-3-10-6-5-7(14-4-2)11-8(9)12(6)13/h5,10H,3-4H2,1-2H3,(H2,9,11). The molecule has 0 atom stereocenters. The first kappa shape index (κ1) is 10.4. The lowest BCUT2D eigenvalue weighted by Gasteiger charge is -2.13. The molecule has 0 amide bonds. The molecule has 0 saturated carbocycles. The van der Waals surface area contributed by atoms with Gasteiger partial charge in [-0.15, -0.1) is 0 Å². The molecule has 14 heavy (non-hydrogen) atoms. The molecule has 0 unspecified atom stereocenters. The number of nitrogen functional groups attached to an aromatic ring is 1. The quantitative estimate of drug-likeness (QED) is 0.530. The van der Waals surface area contributed by atoms with Crippen molar-refractivity contribution in [2.45, 2.75) is 13.8 Å². The number of hydrogen-bond acceptors (Lipinski definition) is 5. The lowest BCUT2D eigenvalue weighted by molar-refractivity contribution is -0.577. The number of aromatic nitrogens is 2. The highest BCUT2D eigenvalue weighted by Crippen LogP contribution is 2.12. The van der Waals surface area contributed by atoms with Crippen molar-refractivity contribution in [1.82, 2.24) is 4.98 Å². The SMILES string of the molecule is CCNc1cc(OCC)nc(N)[n+]1[O-]. The minimum absolute atomic E-state index is 0.119. The second-order valence-corrected chi connectivity index (χ2v) is 2.60. The Hall–Kier alpha value is -1.72. The molecule has 0 saturated heterocycles. The van der Waals surface area contributed by atoms with Crippen molar-refractivity contribution >= 4 is 11.8 Å². The van der Waals surface area contributed by atoms with Crippen LogP contribution in [0.3, 0.4) is 0 Å². The Balaban J connectivity index is 3.01. The molecule has 78 valence electrons. The summed E-state index contributed by atoms with van der Waals surface area (Å²) < 4.78 is 5.68. The highest BCUT2D eigenvalue weighted by Gasteiger charge is 2.09. The van der Waals surface area contributed by atoms with Gasteiger partial charge in [0.05, 0.1) is 12.7 Å². The van der Waals surface area contributed by atoms with Crippen LogP contribution in [0.5, 0.6) is 5.88 Å². The molecule has 3 N–H and O–H groups in total. The fourth-order valence-electron chi connectivity index (χ4n) is 1.02. The number of nitrogens with one attached hydrogen (secondary N) is 1. The largest absolute Gasteiger partial charge is 0.754 e. The fraction of sp³-hybridized carbons (Fsp3) is 0.500. The molecule has 1 aromatic rings. The van der Waals surface area contributed by atoms with Crippen LogP contribution in [-0.2, 0) is 0 Å². The van der Waals surface area contributed by atoms with Gasteiger partial charge in [-0.3, -0.25) is 0 Å². The van der Waals surface area contributed by atoms with E-state index in [-0.39, 0.29) is 5.95 Å². The summed E-state index contributed by atoms with van der Waals surface area (Å²) in [5, 5.41) is 14.2. The molecule has 6 heteroatoms. The predicted octanol–water partition coefficient (Wildman–Crippen LogP) is 0.128. The van der Waals surface area contributed by atoms with Gasteiger partial charge in [-0.2, -0.15) is 0 Å². The van der Waals surface area contributed by atoms with Crippen LogP contribution in [0.25, 0.3) is 0 Å². The van der Waals surface area contributed by atoms with Crippen LogP contribution < -0.4 is 20.5 Å². The van der Waals surface area contributed by atoms with E-state index in [4.69, 9.17) is 10.5 Å². The van der Waals surface area contributed by atoms with Crippen LogP contribution in [0.2, 0.25) is 0 Å². The van der Waals surface area contributed by atoms with E-state index < -0.39 is 0 Å². The fourth-order valence-corrected chi connectivity index (χ4v) is 1.02. The molecule has 0 aliphatic carbocycles. The Morgan fingerprint density at radius 1 is 1.64 bits per heavy atom. The van der Waals surface area contributed by atoms with Crippen LogP contribution in [0.1, 0.15) is 13.8 Å². The second-order valence-electron chi connectivity index (χ2n) is 2.60. The Kier molecular flexibility index (Phi) is 3.33. The number of ether oxygens (including phenoxy) is 1. The van der Waals surface area contributed by atoms with E-state index in [1.807, 2.05) is 13.8 Å². The third-order valence-electron chi connectivity index (χ3n) is 1.56. The average Bonchev–Trinajstić information content (AvgIpc) is 2.14. The topological polar surface area (TPSA) is 87.1 Å². The molecule has 0 spiro atoms. The molecule has 1 aromatic heterocycles. The number of rotatable bonds is 4. The van der Waals surface area contributed by atoms with Crippen molar-refractivity contribution in [3.05, 3.63) is 11.3 Å². The second kappa shape index (κ2) is 4.50. The van der Waals surface area contributed by atoms with Gasteiger partial charge in [0.1, 0.15) is 0 Å². The molecule has 1 rings (SSSR count). The molecular weight excluding hydrogens is 184 g/mol. The van der Waals surface area contributed by atoms with E-state index in [0.29, 0.717) is 29.6 Å². The van der Waals surface area contributed by atoms with Crippen molar-refractivity contribution < 1.29 is 9.47 Å². The Morgan fingerprint density at radius 3 is 2.93 bits per heavy atom. The van der Waals surface area contributed by atoms with Gasteiger partial charge in [-0.1, -0.05) is 4.98 Å². The van der Waals surface area contributed by atoms with Crippen LogP contribution in [0, 0.1) is 5.21 Å². The van der Waals surface area contributed by atoms with Gasteiger partial charge in [0.2, 0.25) is 5.82 Å². The normalized spacial score (nSPS) is 9.86. The molecule has 0 bridgehead atoms. The number of hydrogen-bond donors (Lipinski definition) is 2. The summed E-state index contributed by atoms with van der Waals surface area (Å²) in [5.74, 6) is 0.586. The van der Waals surface area contributed by atoms with Gasteiger partial charge < -0.3 is 21.0 Å². The minimum Gasteiger partial charge on any atom is -0.754 e. The molecule has 0 aliphatic rings. The van der Waals surface area contributed by atoms with E-state index in [2.05, 4.69) is 10.3 Å². The zero-order chi connectivity index (χ0) is 10.6. The van der Waals surface area contributed by atoms with E-state index >= 15 is 0 Å². The summed E-state index contributed by atoms with van der Waals surface area (Å²) in [6, 6.07) is 1.52. The summed E-state index contributed by atoms with van der Waals surface area (Å²) in [6.45, 7) is 4.85. The Morgan fingerprint density at radius 2 is 2.36 bits per heavy atom. The lowest BCUT2D eigenvalue weighted by Crippen LogP contribution is -2.35. The van der Waals surface area contributed by atoms with Crippen molar-refractivity contribution in [3.63, 3.8) is 0 Å². The van der Waals surface area contributed by atoms with Gasteiger partial charge in [-0.25, -0.2) is 4.73 Å². The van der Waals surface area contributed by atoms with Gasteiger partial charge in [0.25, 0.3) is 5.88 Å². The third kappa shape index (κ3) is 2.15. The van der Waals surface area contributed by atoms with Gasteiger partial charge in [0, 0.05) is 6.54 Å². The number of anilines is 2. The van der Waals surface area contributed by atoms with Crippen molar-refractivity contribution in [3.8, 4) is 5.88 Å². The predicted molar refractivity (Wildman–Crippen MR) is 52.9 cm³/mol. The average molecular weight is 198 g/mol. The first-order valence-electron chi connectivity index (χ1n) is 4.45. The highest BCUT2D eigenvalue weighted by atomic mass is 16.5. The molecule has 0 fully saturated rings. The zero-order valence-electron chi connectivity index (χ0n) is 8.28. The number of nitrogens with two attached hydrogens (primary N) is 1. The lowest BCUT2D eigenvalue weighted by atomic mass is 10.5. The first-order chi connectivity index (χ1) is 6.69. The monoisotopic (exact) mass is 198 g/mol. The summed E-state index contributed by atoms with van der Waals surface area (Å²) in [5.41, 5.74) is 5.40. The Bertz CT molecular complexity index is 316. The molecule has 0 aromatic carbocycles. The summed E-state index contributed by atoms with van der Waals surface area (Å²) >= 11 is 0. The number of nitrogens with zero attached hydrogens (tertiary/aromatic N) is 2. The van der Waals surface area contributed by atoms with Crippen LogP contribution >= 0.6 is 0 Å². The third-order valence-corrected chi connectivity index (χ3v) is 1.56. The van der Waals surface area contributed by atoms with E-state index in [9.17, 15) is 5.21 Å². The highest BCUT2D eigenvalue weighted by molar-refractivity contribution is 5.36. The first-order valence-corrected chi connectivity index (χ1v) is 4.45. The smallest absolute Gasteiger partial charge is 0.347 e. The maximum absolute atomic E-state index is 11.3. The van der Waals surface area contributed by atoms with Crippen molar-refractivity contribution in [2.24, 2.45) is 0 Å². The molecule has 0 aliphatic heterocycles. The molecular formula is C8H14N4O2. The molecule has 6 nitrogen and oxygen atoms in total. The molecule has 1 heterocycles. The zero-order valence-corrected chi connectivity index (χ0v) is 8.28. The van der Waals surface area contributed by atoms with Crippen LogP contribution in [-0.4, -0.2) is 18.1 Å². The van der Waals surface area contributed by atoms with Crippen molar-refractivity contribution in [2.75, 3.05) is 24.2 Å². The van der Waals surface area contributed by atoms with Crippen LogP contribution in [0.4, 0.5) is 11.8 Å². The van der Waals surface area contributed by atoms with E-state index in [0.717, 1.165) is 0 Å². The van der Waals surface area contributed by atoms with Gasteiger partial charge in [0.15, 0.2) is 0 Å². The minimum atomic E-state index is -0.119. The summed E-state index contributed by atoms with van der Waals surface area (Å²) in [4.78, 5) is 3.77. The Labute approximate surface area is 82.3 Å². The maximum atomic E-state index is 11.3. The maximum Gasteiger partial charge on any atom is 0.347 e. The van der Waals surface area contributed by atoms with Gasteiger partial charge >= 0.3 is 5.95 Å². The summed E-state index contributed by atoms with van der Waals surface area (Å²) in [7, 11) is 0. The van der Waals surface area contributed by atoms with Gasteiger partial charge in [-0.05, 0) is 13.8 Å². The van der Waals surface area contributed by atoms with E-state index in [1.54, 1.807) is 0 Å². The summed E-state index contributed by atoms with van der Waals surface area (Å²) in [6.07, 6.45) is 0.